The molecule has 1 N–H and O–H groups in total. The summed E-state index contributed by atoms with van der Waals surface area (Å²) >= 11 is 0. The van der Waals surface area contributed by atoms with Gasteiger partial charge in [-0.3, -0.25) is 0 Å². The van der Waals surface area contributed by atoms with Crippen molar-refractivity contribution in [3.63, 3.8) is 0 Å². The van der Waals surface area contributed by atoms with E-state index >= 15 is 0 Å². The average molecular weight is 168 g/mol. The zero-order valence-electron chi connectivity index (χ0n) is 7.33. The molecule has 2 bridgehead atoms. The van der Waals surface area contributed by atoms with Crippen molar-refractivity contribution in [1.29, 1.82) is 0 Å². The van der Waals surface area contributed by atoms with E-state index in [1.54, 1.807) is 6.08 Å². The first-order valence-electron chi connectivity index (χ1n) is 4.73. The molecule has 0 aromatic carbocycles. The lowest BCUT2D eigenvalue weighted by Gasteiger charge is -2.37. The molecule has 0 spiro atoms. The van der Waals surface area contributed by atoms with Gasteiger partial charge in [0.1, 0.15) is 0 Å². The van der Waals surface area contributed by atoms with Crippen molar-refractivity contribution in [1.82, 2.24) is 0 Å². The van der Waals surface area contributed by atoms with Crippen LogP contribution in [0.1, 0.15) is 32.1 Å². The summed E-state index contributed by atoms with van der Waals surface area (Å²) in [6.45, 7) is 3.67. The topological polar surface area (TPSA) is 29.5 Å². The Labute approximate surface area is 73.2 Å². The highest BCUT2D eigenvalue weighted by atomic mass is 16.5. The molecule has 3 atom stereocenters. The first kappa shape index (κ1) is 8.27. The quantitative estimate of drug-likeness (QED) is 0.635. The summed E-state index contributed by atoms with van der Waals surface area (Å²) in [6.07, 6.45) is 7.02. The van der Waals surface area contributed by atoms with Gasteiger partial charge in [-0.2, -0.15) is 0 Å². The van der Waals surface area contributed by atoms with Gasteiger partial charge in [0, 0.05) is 0 Å². The zero-order chi connectivity index (χ0) is 8.60. The van der Waals surface area contributed by atoms with Crippen molar-refractivity contribution >= 4 is 0 Å². The van der Waals surface area contributed by atoms with Gasteiger partial charge in [-0.05, 0) is 32.1 Å². The van der Waals surface area contributed by atoms with Crippen LogP contribution in [0.25, 0.3) is 0 Å². The lowest BCUT2D eigenvalue weighted by Crippen LogP contribution is -2.45. The lowest BCUT2D eigenvalue weighted by molar-refractivity contribution is -0.140. The van der Waals surface area contributed by atoms with Gasteiger partial charge < -0.3 is 9.84 Å². The number of fused-ring (bicyclic) bond motifs is 2. The van der Waals surface area contributed by atoms with E-state index in [2.05, 4.69) is 6.58 Å². The number of aliphatic hydroxyl groups is 1. The molecule has 2 saturated heterocycles. The Balaban J connectivity index is 2.09. The van der Waals surface area contributed by atoms with E-state index in [1.807, 2.05) is 0 Å². The molecule has 0 aromatic rings. The highest BCUT2D eigenvalue weighted by Gasteiger charge is 2.45. The van der Waals surface area contributed by atoms with Gasteiger partial charge in [-0.1, -0.05) is 6.08 Å². The second-order valence-electron chi connectivity index (χ2n) is 3.96. The molecular formula is C10H16O2. The van der Waals surface area contributed by atoms with Gasteiger partial charge in [0.25, 0.3) is 0 Å². The number of hydrogen-bond donors (Lipinski definition) is 1. The Kier molecular flexibility index (Phi) is 1.97. The molecule has 2 aliphatic rings. The fourth-order valence-corrected chi connectivity index (χ4v) is 2.37. The fraction of sp³-hybridized carbons (Fsp3) is 0.800. The smallest absolute Gasteiger partial charge is 0.0943 e. The molecule has 68 valence electrons. The minimum absolute atomic E-state index is 0.0780. The summed E-state index contributed by atoms with van der Waals surface area (Å²) in [5, 5.41) is 10.2. The maximum absolute atomic E-state index is 10.2. The molecule has 0 saturated carbocycles. The number of rotatable bonds is 2. The van der Waals surface area contributed by atoms with Crippen LogP contribution in [0.2, 0.25) is 0 Å². The van der Waals surface area contributed by atoms with Crippen molar-refractivity contribution in [3.05, 3.63) is 12.7 Å². The van der Waals surface area contributed by atoms with Crippen LogP contribution in [-0.4, -0.2) is 22.9 Å². The first-order chi connectivity index (χ1) is 5.74. The third kappa shape index (κ3) is 1.19. The second-order valence-corrected chi connectivity index (χ2v) is 3.96. The standard InChI is InChI=1S/C10H16O2/c1-2-6-10(11)7-5-8-3-4-9(10)12-8/h2,8-9,11H,1,3-7H2. The second kappa shape index (κ2) is 2.86. The van der Waals surface area contributed by atoms with Crippen LogP contribution in [0.4, 0.5) is 0 Å². The van der Waals surface area contributed by atoms with E-state index in [1.165, 1.54) is 0 Å². The molecule has 2 fully saturated rings. The van der Waals surface area contributed by atoms with E-state index in [-0.39, 0.29) is 6.10 Å². The van der Waals surface area contributed by atoms with Gasteiger partial charge in [-0.15, -0.1) is 6.58 Å². The summed E-state index contributed by atoms with van der Waals surface area (Å²) in [5.41, 5.74) is -0.602. The van der Waals surface area contributed by atoms with Crippen LogP contribution in [0.3, 0.4) is 0 Å². The van der Waals surface area contributed by atoms with Gasteiger partial charge >= 0.3 is 0 Å². The average Bonchev–Trinajstić information content (AvgIpc) is 2.45. The SMILES string of the molecule is C=CCC1(O)CCC2CCC1O2. The Hall–Kier alpha value is -0.340. The Morgan fingerprint density at radius 3 is 3.08 bits per heavy atom. The summed E-state index contributed by atoms with van der Waals surface area (Å²) in [5.74, 6) is 0. The van der Waals surface area contributed by atoms with E-state index in [0.717, 1.165) is 25.7 Å². The minimum atomic E-state index is -0.602. The minimum Gasteiger partial charge on any atom is -0.387 e. The van der Waals surface area contributed by atoms with E-state index in [4.69, 9.17) is 4.74 Å². The first-order valence-corrected chi connectivity index (χ1v) is 4.73. The van der Waals surface area contributed by atoms with Crippen LogP contribution < -0.4 is 0 Å². The molecule has 0 radical (unpaired) electrons. The van der Waals surface area contributed by atoms with Crippen LogP contribution in [0, 0.1) is 0 Å². The van der Waals surface area contributed by atoms with Gasteiger partial charge in [-0.25, -0.2) is 0 Å². The number of hydrogen-bond acceptors (Lipinski definition) is 2. The van der Waals surface area contributed by atoms with Crippen molar-refractivity contribution in [2.45, 2.75) is 49.9 Å². The molecule has 0 aliphatic carbocycles. The van der Waals surface area contributed by atoms with Crippen LogP contribution in [-0.2, 0) is 4.74 Å². The van der Waals surface area contributed by atoms with Crippen LogP contribution in [0.5, 0.6) is 0 Å². The third-order valence-electron chi connectivity index (χ3n) is 3.10. The summed E-state index contributed by atoms with van der Waals surface area (Å²) < 4.78 is 5.67. The lowest BCUT2D eigenvalue weighted by atomic mass is 9.87. The van der Waals surface area contributed by atoms with Gasteiger partial charge in [0.15, 0.2) is 0 Å². The normalized spacial score (nSPS) is 46.1. The van der Waals surface area contributed by atoms with Crippen molar-refractivity contribution in [2.75, 3.05) is 0 Å². The molecule has 2 aliphatic heterocycles. The highest BCUT2D eigenvalue weighted by molar-refractivity contribution is 5.00. The molecule has 2 heteroatoms. The predicted octanol–water partition coefficient (Wildman–Crippen LogP) is 1.64. The maximum atomic E-state index is 10.2. The predicted molar refractivity (Wildman–Crippen MR) is 46.9 cm³/mol. The molecule has 12 heavy (non-hydrogen) atoms. The Bertz CT molecular complexity index is 190. The van der Waals surface area contributed by atoms with Gasteiger partial charge in [0.2, 0.25) is 0 Å². The van der Waals surface area contributed by atoms with Crippen molar-refractivity contribution in [3.8, 4) is 0 Å². The van der Waals surface area contributed by atoms with Crippen molar-refractivity contribution < 1.29 is 9.84 Å². The van der Waals surface area contributed by atoms with E-state index in [9.17, 15) is 5.11 Å². The van der Waals surface area contributed by atoms with E-state index in [0.29, 0.717) is 12.5 Å². The highest BCUT2D eigenvalue weighted by Crippen LogP contribution is 2.40. The molecular weight excluding hydrogens is 152 g/mol. The molecule has 2 rings (SSSR count). The number of ether oxygens (including phenoxy) is 1. The van der Waals surface area contributed by atoms with Crippen LogP contribution >= 0.6 is 0 Å². The monoisotopic (exact) mass is 168 g/mol. The Morgan fingerprint density at radius 2 is 2.33 bits per heavy atom. The Morgan fingerprint density at radius 1 is 1.50 bits per heavy atom. The zero-order valence-corrected chi connectivity index (χ0v) is 7.33. The fourth-order valence-electron chi connectivity index (χ4n) is 2.37. The summed E-state index contributed by atoms with van der Waals surface area (Å²) in [4.78, 5) is 0. The largest absolute Gasteiger partial charge is 0.387 e. The molecule has 0 aromatic heterocycles. The molecule has 2 nitrogen and oxygen atoms in total. The summed E-state index contributed by atoms with van der Waals surface area (Å²) in [7, 11) is 0. The van der Waals surface area contributed by atoms with E-state index < -0.39 is 5.60 Å². The van der Waals surface area contributed by atoms with Crippen molar-refractivity contribution in [2.24, 2.45) is 0 Å². The van der Waals surface area contributed by atoms with Gasteiger partial charge in [0.05, 0.1) is 17.8 Å². The maximum Gasteiger partial charge on any atom is 0.0943 e. The molecule has 2 heterocycles. The summed E-state index contributed by atoms with van der Waals surface area (Å²) in [6, 6.07) is 0. The molecule has 0 amide bonds. The third-order valence-corrected chi connectivity index (χ3v) is 3.10. The molecule has 3 unspecified atom stereocenters. The van der Waals surface area contributed by atoms with Crippen LogP contribution in [0.15, 0.2) is 12.7 Å².